The Morgan fingerprint density at radius 3 is 2.00 bits per heavy atom. The minimum atomic E-state index is -1.31. The maximum atomic E-state index is 10.7. The van der Waals surface area contributed by atoms with Crippen molar-refractivity contribution >= 4 is 23.3 Å². The molecule has 1 aromatic heterocycles. The summed E-state index contributed by atoms with van der Waals surface area (Å²) in [6, 6.07) is 0. The first-order valence-corrected chi connectivity index (χ1v) is 4.61. The van der Waals surface area contributed by atoms with Gasteiger partial charge in [-0.2, -0.15) is 0 Å². The first-order chi connectivity index (χ1) is 6.49. The molecule has 0 saturated heterocycles. The lowest BCUT2D eigenvalue weighted by Gasteiger charge is -1.95. The summed E-state index contributed by atoms with van der Waals surface area (Å²) in [6.45, 7) is 1.65. The van der Waals surface area contributed by atoms with Gasteiger partial charge in [-0.1, -0.05) is 6.92 Å². The van der Waals surface area contributed by atoms with Crippen LogP contribution in [0.1, 0.15) is 31.8 Å². The van der Waals surface area contributed by atoms with Gasteiger partial charge in [-0.05, 0) is 6.42 Å². The molecule has 76 valence electrons. The van der Waals surface area contributed by atoms with E-state index in [1.54, 1.807) is 6.92 Å². The van der Waals surface area contributed by atoms with Gasteiger partial charge < -0.3 is 15.3 Å². The van der Waals surface area contributed by atoms with Crippen molar-refractivity contribution in [3.63, 3.8) is 0 Å². The van der Waals surface area contributed by atoms with Crippen molar-refractivity contribution in [1.29, 1.82) is 0 Å². The van der Waals surface area contributed by atoms with Crippen LogP contribution in [0.5, 0.6) is 5.75 Å². The number of rotatable bonds is 3. The normalized spacial score (nSPS) is 10.1. The third kappa shape index (κ3) is 1.56. The number of carboxylic acids is 2. The standard InChI is InChI=1S/C8H8O5S/c1-2-3-4(9)6(8(12)13)14-5(3)7(10)11/h9H,2H2,1H3,(H,10,11)(H,12,13). The van der Waals surface area contributed by atoms with Crippen molar-refractivity contribution in [1.82, 2.24) is 0 Å². The number of aromatic carboxylic acids is 2. The molecular formula is C8H8O5S. The van der Waals surface area contributed by atoms with E-state index in [0.717, 1.165) is 0 Å². The summed E-state index contributed by atoms with van der Waals surface area (Å²) >= 11 is 0.578. The van der Waals surface area contributed by atoms with Gasteiger partial charge in [-0.3, -0.25) is 0 Å². The van der Waals surface area contributed by atoms with Crippen molar-refractivity contribution in [3.8, 4) is 5.75 Å². The number of carboxylic acid groups (broad SMARTS) is 2. The van der Waals surface area contributed by atoms with Crippen LogP contribution in [-0.2, 0) is 6.42 Å². The van der Waals surface area contributed by atoms with E-state index in [1.807, 2.05) is 0 Å². The first-order valence-electron chi connectivity index (χ1n) is 3.80. The van der Waals surface area contributed by atoms with E-state index in [-0.39, 0.29) is 21.7 Å². The Hall–Kier alpha value is -1.56. The molecule has 0 aliphatic heterocycles. The maximum absolute atomic E-state index is 10.7. The van der Waals surface area contributed by atoms with Gasteiger partial charge in [0.25, 0.3) is 0 Å². The third-order valence-electron chi connectivity index (χ3n) is 1.72. The second-order valence-electron chi connectivity index (χ2n) is 2.55. The van der Waals surface area contributed by atoms with E-state index >= 15 is 0 Å². The second kappa shape index (κ2) is 3.67. The Kier molecular flexibility index (Phi) is 2.76. The second-order valence-corrected chi connectivity index (χ2v) is 3.57. The topological polar surface area (TPSA) is 94.8 Å². The average Bonchev–Trinajstić information content (AvgIpc) is 2.42. The Morgan fingerprint density at radius 2 is 1.71 bits per heavy atom. The number of aromatic hydroxyl groups is 1. The summed E-state index contributed by atoms with van der Waals surface area (Å²) in [4.78, 5) is 20.8. The molecule has 0 saturated carbocycles. The van der Waals surface area contributed by atoms with E-state index < -0.39 is 17.7 Å². The van der Waals surface area contributed by atoms with Crippen LogP contribution in [0.2, 0.25) is 0 Å². The van der Waals surface area contributed by atoms with Crippen LogP contribution in [0.25, 0.3) is 0 Å². The van der Waals surface area contributed by atoms with Crippen LogP contribution < -0.4 is 0 Å². The summed E-state index contributed by atoms with van der Waals surface area (Å²) in [5.41, 5.74) is 0.180. The van der Waals surface area contributed by atoms with Gasteiger partial charge in [0, 0.05) is 5.56 Å². The van der Waals surface area contributed by atoms with Crippen molar-refractivity contribution < 1.29 is 24.9 Å². The Bertz CT molecular complexity index is 393. The summed E-state index contributed by atoms with van der Waals surface area (Å²) in [5.74, 6) is -2.95. The molecule has 0 unspecified atom stereocenters. The Morgan fingerprint density at radius 1 is 1.21 bits per heavy atom. The van der Waals surface area contributed by atoms with Crippen LogP contribution in [0.3, 0.4) is 0 Å². The molecule has 0 fully saturated rings. The van der Waals surface area contributed by atoms with Crippen LogP contribution in [0.4, 0.5) is 0 Å². The molecule has 1 heterocycles. The van der Waals surface area contributed by atoms with Gasteiger partial charge in [-0.15, -0.1) is 11.3 Å². The highest BCUT2D eigenvalue weighted by Crippen LogP contribution is 2.34. The molecule has 0 atom stereocenters. The quantitative estimate of drug-likeness (QED) is 0.710. The molecule has 0 radical (unpaired) electrons. The lowest BCUT2D eigenvalue weighted by Crippen LogP contribution is -1.96. The monoisotopic (exact) mass is 216 g/mol. The summed E-state index contributed by atoms with van der Waals surface area (Å²) in [7, 11) is 0. The first kappa shape index (κ1) is 10.5. The van der Waals surface area contributed by atoms with Crippen LogP contribution in [0, 0.1) is 0 Å². The lowest BCUT2D eigenvalue weighted by molar-refractivity contribution is 0.0689. The molecule has 0 bridgehead atoms. The van der Waals surface area contributed by atoms with Crippen LogP contribution in [0.15, 0.2) is 0 Å². The average molecular weight is 216 g/mol. The lowest BCUT2D eigenvalue weighted by atomic mass is 10.1. The minimum absolute atomic E-state index is 0.109. The van der Waals surface area contributed by atoms with E-state index in [0.29, 0.717) is 11.3 Å². The van der Waals surface area contributed by atoms with E-state index in [1.165, 1.54) is 0 Å². The molecule has 5 nitrogen and oxygen atoms in total. The third-order valence-corrected chi connectivity index (χ3v) is 2.92. The SMILES string of the molecule is CCc1c(C(=O)O)sc(C(=O)O)c1O. The molecule has 0 aliphatic rings. The van der Waals surface area contributed by atoms with Crippen LogP contribution in [-0.4, -0.2) is 27.3 Å². The van der Waals surface area contributed by atoms with E-state index in [9.17, 15) is 14.7 Å². The Labute approximate surface area is 83.2 Å². The number of carbonyl (C=O) groups is 2. The van der Waals surface area contributed by atoms with Gasteiger partial charge in [0.1, 0.15) is 10.6 Å². The van der Waals surface area contributed by atoms with Crippen molar-refractivity contribution in [2.45, 2.75) is 13.3 Å². The highest BCUT2D eigenvalue weighted by atomic mass is 32.1. The molecule has 0 spiro atoms. The zero-order chi connectivity index (χ0) is 10.9. The number of hydrogen-bond acceptors (Lipinski definition) is 4. The molecule has 14 heavy (non-hydrogen) atoms. The number of thiophene rings is 1. The smallest absolute Gasteiger partial charge is 0.349 e. The predicted octanol–water partition coefficient (Wildman–Crippen LogP) is 1.41. The molecule has 0 amide bonds. The minimum Gasteiger partial charge on any atom is -0.506 e. The predicted molar refractivity (Wildman–Crippen MR) is 49.3 cm³/mol. The van der Waals surface area contributed by atoms with Crippen molar-refractivity contribution in [3.05, 3.63) is 15.3 Å². The van der Waals surface area contributed by atoms with Gasteiger partial charge in [-0.25, -0.2) is 9.59 Å². The highest BCUT2D eigenvalue weighted by molar-refractivity contribution is 7.16. The fourth-order valence-corrected chi connectivity index (χ4v) is 2.07. The van der Waals surface area contributed by atoms with Gasteiger partial charge >= 0.3 is 11.9 Å². The van der Waals surface area contributed by atoms with Crippen molar-refractivity contribution in [2.75, 3.05) is 0 Å². The Balaban J connectivity index is 3.39. The van der Waals surface area contributed by atoms with Crippen molar-refractivity contribution in [2.24, 2.45) is 0 Å². The highest BCUT2D eigenvalue weighted by Gasteiger charge is 2.24. The van der Waals surface area contributed by atoms with E-state index in [4.69, 9.17) is 10.2 Å². The van der Waals surface area contributed by atoms with Gasteiger partial charge in [0.2, 0.25) is 0 Å². The maximum Gasteiger partial charge on any atom is 0.349 e. The molecule has 3 N–H and O–H groups in total. The summed E-state index contributed by atoms with van der Waals surface area (Å²) < 4.78 is 0. The summed E-state index contributed by atoms with van der Waals surface area (Å²) in [6.07, 6.45) is 0.289. The zero-order valence-electron chi connectivity index (χ0n) is 7.27. The molecule has 1 aromatic rings. The summed E-state index contributed by atoms with van der Waals surface area (Å²) in [5, 5.41) is 26.8. The molecule has 6 heteroatoms. The van der Waals surface area contributed by atoms with Gasteiger partial charge in [0.05, 0.1) is 0 Å². The van der Waals surface area contributed by atoms with Gasteiger partial charge in [0.15, 0.2) is 4.88 Å². The largest absolute Gasteiger partial charge is 0.506 e. The van der Waals surface area contributed by atoms with E-state index in [2.05, 4.69) is 0 Å². The molecule has 0 aromatic carbocycles. The number of hydrogen-bond donors (Lipinski definition) is 3. The fraction of sp³-hybridized carbons (Fsp3) is 0.250. The molecular weight excluding hydrogens is 208 g/mol. The zero-order valence-corrected chi connectivity index (χ0v) is 8.09. The molecule has 1 rings (SSSR count). The fourth-order valence-electron chi connectivity index (χ4n) is 1.10. The van der Waals surface area contributed by atoms with Crippen LogP contribution >= 0.6 is 11.3 Å². The molecule has 0 aliphatic carbocycles.